The van der Waals surface area contributed by atoms with Crippen molar-refractivity contribution < 1.29 is 8.42 Å². The van der Waals surface area contributed by atoms with E-state index in [0.29, 0.717) is 6.54 Å². The molecule has 1 fully saturated rings. The van der Waals surface area contributed by atoms with Crippen molar-refractivity contribution in [2.45, 2.75) is 25.7 Å². The fourth-order valence-electron chi connectivity index (χ4n) is 2.03. The van der Waals surface area contributed by atoms with Crippen molar-refractivity contribution in [3.63, 3.8) is 0 Å². The highest BCUT2D eigenvalue weighted by Crippen LogP contribution is 2.05. The molecule has 0 atom stereocenters. The first-order valence-electron chi connectivity index (χ1n) is 6.48. The molecule has 0 amide bonds. The lowest BCUT2D eigenvalue weighted by Crippen LogP contribution is -2.34. The number of sulfonamides is 1. The number of nitrogens with one attached hydrogen (secondary N) is 2. The lowest BCUT2D eigenvalue weighted by molar-refractivity contribution is 0.344. The number of nitrogens with zero attached hydrogens (tertiary/aromatic N) is 1. The summed E-state index contributed by atoms with van der Waals surface area (Å²) in [6, 6.07) is 0. The van der Waals surface area contributed by atoms with Crippen LogP contribution in [0.5, 0.6) is 0 Å². The van der Waals surface area contributed by atoms with Gasteiger partial charge in [0.15, 0.2) is 0 Å². The first-order chi connectivity index (χ1) is 8.14. The van der Waals surface area contributed by atoms with Gasteiger partial charge >= 0.3 is 0 Å². The van der Waals surface area contributed by atoms with E-state index in [0.717, 1.165) is 39.0 Å². The summed E-state index contributed by atoms with van der Waals surface area (Å²) in [4.78, 5) is 2.31. The van der Waals surface area contributed by atoms with Crippen LogP contribution in [0.1, 0.15) is 25.7 Å². The zero-order valence-corrected chi connectivity index (χ0v) is 11.6. The van der Waals surface area contributed by atoms with Crippen molar-refractivity contribution in [2.24, 2.45) is 0 Å². The second kappa shape index (κ2) is 8.02. The molecule has 1 aliphatic rings. The average Bonchev–Trinajstić information content (AvgIpc) is 2.77. The van der Waals surface area contributed by atoms with Crippen molar-refractivity contribution in [1.29, 1.82) is 0 Å². The molecule has 2 N–H and O–H groups in total. The van der Waals surface area contributed by atoms with Crippen LogP contribution in [0.25, 0.3) is 0 Å². The first-order valence-corrected chi connectivity index (χ1v) is 8.13. The van der Waals surface area contributed by atoms with Crippen LogP contribution >= 0.6 is 0 Å². The van der Waals surface area contributed by atoms with E-state index in [9.17, 15) is 8.42 Å². The molecule has 0 aromatic rings. The van der Waals surface area contributed by atoms with Gasteiger partial charge in [0, 0.05) is 13.1 Å². The number of hydrogen-bond donors (Lipinski definition) is 2. The van der Waals surface area contributed by atoms with Gasteiger partial charge < -0.3 is 10.2 Å². The second-order valence-electron chi connectivity index (χ2n) is 4.57. The fraction of sp³-hybridized carbons (Fsp3) is 1.00. The van der Waals surface area contributed by atoms with E-state index in [1.54, 1.807) is 0 Å². The standard InChI is InChI=1S/C11H25N3O2S/c1-12-6-2-5-11-17(15,16)13-7-10-14-8-3-4-9-14/h12-13H,2-11H2,1H3. The molecule has 0 aromatic heterocycles. The van der Waals surface area contributed by atoms with Gasteiger partial charge in [0.1, 0.15) is 0 Å². The molecule has 0 aromatic carbocycles. The van der Waals surface area contributed by atoms with E-state index in [4.69, 9.17) is 0 Å². The van der Waals surface area contributed by atoms with Gasteiger partial charge in [-0.2, -0.15) is 0 Å². The first kappa shape index (κ1) is 14.9. The maximum absolute atomic E-state index is 11.6. The van der Waals surface area contributed by atoms with Gasteiger partial charge in [-0.1, -0.05) is 0 Å². The summed E-state index contributed by atoms with van der Waals surface area (Å²) >= 11 is 0. The van der Waals surface area contributed by atoms with E-state index >= 15 is 0 Å². The monoisotopic (exact) mass is 263 g/mol. The third kappa shape index (κ3) is 6.98. The van der Waals surface area contributed by atoms with Crippen LogP contribution in [0.3, 0.4) is 0 Å². The summed E-state index contributed by atoms with van der Waals surface area (Å²) in [6.07, 6.45) is 4.12. The van der Waals surface area contributed by atoms with Crippen molar-refractivity contribution >= 4 is 10.0 Å². The predicted octanol–water partition coefficient (Wildman–Crippen LogP) is 0.00120. The summed E-state index contributed by atoms with van der Waals surface area (Å²) in [7, 11) is -1.18. The molecule has 5 nitrogen and oxygen atoms in total. The number of unbranched alkanes of at least 4 members (excludes halogenated alkanes) is 1. The summed E-state index contributed by atoms with van der Waals surface area (Å²) in [5.74, 6) is 0.245. The molecule has 17 heavy (non-hydrogen) atoms. The average molecular weight is 263 g/mol. The molecule has 1 rings (SSSR count). The molecule has 0 radical (unpaired) electrons. The van der Waals surface area contributed by atoms with Crippen LogP contribution in [0.4, 0.5) is 0 Å². The van der Waals surface area contributed by atoms with Gasteiger partial charge in [-0.25, -0.2) is 13.1 Å². The summed E-state index contributed by atoms with van der Waals surface area (Å²) in [6.45, 7) is 4.50. The van der Waals surface area contributed by atoms with Gasteiger partial charge in [-0.3, -0.25) is 0 Å². The van der Waals surface area contributed by atoms with Crippen LogP contribution in [0, 0.1) is 0 Å². The van der Waals surface area contributed by atoms with E-state index in [-0.39, 0.29) is 5.75 Å². The van der Waals surface area contributed by atoms with Gasteiger partial charge in [0.25, 0.3) is 0 Å². The van der Waals surface area contributed by atoms with Crippen LogP contribution in [0.15, 0.2) is 0 Å². The molecule has 0 aliphatic carbocycles. The van der Waals surface area contributed by atoms with Gasteiger partial charge in [0.2, 0.25) is 10.0 Å². The van der Waals surface area contributed by atoms with Crippen molar-refractivity contribution in [2.75, 3.05) is 45.5 Å². The molecular formula is C11H25N3O2S. The highest BCUT2D eigenvalue weighted by atomic mass is 32.2. The fourth-order valence-corrected chi connectivity index (χ4v) is 3.16. The van der Waals surface area contributed by atoms with E-state index in [1.807, 2.05) is 7.05 Å². The Balaban J connectivity index is 2.06. The predicted molar refractivity (Wildman–Crippen MR) is 70.6 cm³/mol. The Kier molecular flexibility index (Phi) is 7.03. The highest BCUT2D eigenvalue weighted by molar-refractivity contribution is 7.89. The largest absolute Gasteiger partial charge is 0.320 e. The lowest BCUT2D eigenvalue weighted by Gasteiger charge is -2.14. The molecule has 0 saturated carbocycles. The smallest absolute Gasteiger partial charge is 0.211 e. The topological polar surface area (TPSA) is 61.4 Å². The number of rotatable bonds is 9. The molecule has 6 heteroatoms. The molecule has 1 saturated heterocycles. The SMILES string of the molecule is CNCCCCS(=O)(=O)NCCN1CCCC1. The van der Waals surface area contributed by atoms with Gasteiger partial charge in [0.05, 0.1) is 5.75 Å². The Morgan fingerprint density at radius 1 is 1.12 bits per heavy atom. The van der Waals surface area contributed by atoms with Crippen LogP contribution in [-0.2, 0) is 10.0 Å². The molecule has 1 heterocycles. The maximum Gasteiger partial charge on any atom is 0.211 e. The minimum atomic E-state index is -3.06. The third-order valence-corrected chi connectivity index (χ3v) is 4.51. The number of likely N-dealkylation sites (tertiary alicyclic amines) is 1. The molecule has 0 bridgehead atoms. The van der Waals surface area contributed by atoms with E-state index in [1.165, 1.54) is 12.8 Å². The van der Waals surface area contributed by atoms with Crippen LogP contribution < -0.4 is 10.0 Å². The van der Waals surface area contributed by atoms with E-state index in [2.05, 4.69) is 14.9 Å². The van der Waals surface area contributed by atoms with Gasteiger partial charge in [-0.15, -0.1) is 0 Å². The Hall–Kier alpha value is -0.170. The Morgan fingerprint density at radius 3 is 2.47 bits per heavy atom. The zero-order valence-electron chi connectivity index (χ0n) is 10.7. The quantitative estimate of drug-likeness (QED) is 0.575. The Labute approximate surface area is 105 Å². The molecule has 0 spiro atoms. The normalized spacial score (nSPS) is 17.7. The molecule has 102 valence electrons. The summed E-state index contributed by atoms with van der Waals surface area (Å²) in [5.41, 5.74) is 0. The van der Waals surface area contributed by atoms with Crippen molar-refractivity contribution in [1.82, 2.24) is 14.9 Å². The van der Waals surface area contributed by atoms with Crippen molar-refractivity contribution in [3.8, 4) is 0 Å². The van der Waals surface area contributed by atoms with Crippen LogP contribution in [-0.4, -0.2) is 58.8 Å². The lowest BCUT2D eigenvalue weighted by atomic mass is 10.3. The Bertz CT molecular complexity index is 287. The molecule has 0 unspecified atom stereocenters. The second-order valence-corrected chi connectivity index (χ2v) is 6.50. The van der Waals surface area contributed by atoms with Crippen LogP contribution in [0.2, 0.25) is 0 Å². The minimum absolute atomic E-state index is 0.245. The zero-order chi connectivity index (χ0) is 12.6. The summed E-state index contributed by atoms with van der Waals surface area (Å²) < 4.78 is 25.9. The molecule has 1 aliphatic heterocycles. The van der Waals surface area contributed by atoms with Crippen molar-refractivity contribution in [3.05, 3.63) is 0 Å². The summed E-state index contributed by atoms with van der Waals surface area (Å²) in [5, 5.41) is 3.01. The van der Waals surface area contributed by atoms with E-state index < -0.39 is 10.0 Å². The van der Waals surface area contributed by atoms with Gasteiger partial charge in [-0.05, 0) is 52.4 Å². The number of hydrogen-bond acceptors (Lipinski definition) is 4. The highest BCUT2D eigenvalue weighted by Gasteiger charge is 2.13. The third-order valence-electron chi connectivity index (χ3n) is 3.04. The maximum atomic E-state index is 11.6. The minimum Gasteiger partial charge on any atom is -0.320 e. The Morgan fingerprint density at radius 2 is 1.82 bits per heavy atom. The molecular weight excluding hydrogens is 238 g/mol.